The zero-order valence-electron chi connectivity index (χ0n) is 10.6. The van der Waals surface area contributed by atoms with Crippen molar-refractivity contribution < 1.29 is 4.74 Å². The molecule has 0 bridgehead atoms. The summed E-state index contributed by atoms with van der Waals surface area (Å²) < 4.78 is 6.03. The van der Waals surface area contributed by atoms with E-state index in [9.17, 15) is 0 Å². The molecule has 0 saturated heterocycles. The third-order valence-electron chi connectivity index (χ3n) is 2.70. The number of rotatable bonds is 4. The molecule has 104 valence electrons. The van der Waals surface area contributed by atoms with Crippen LogP contribution in [0.1, 0.15) is 5.56 Å². The molecule has 0 saturated carbocycles. The van der Waals surface area contributed by atoms with Crippen molar-refractivity contribution in [2.75, 3.05) is 12.4 Å². The fraction of sp³-hybridized carbons (Fsp3) is 0.0714. The maximum Gasteiger partial charge on any atom is 0.121 e. The van der Waals surface area contributed by atoms with Crippen LogP contribution in [0.5, 0.6) is 5.75 Å². The van der Waals surface area contributed by atoms with Crippen LogP contribution in [0.3, 0.4) is 0 Å². The Morgan fingerprint density at radius 3 is 2.60 bits per heavy atom. The Morgan fingerprint density at radius 2 is 2.00 bits per heavy atom. The minimum Gasteiger partial charge on any atom is -0.497 e. The van der Waals surface area contributed by atoms with Gasteiger partial charge in [0, 0.05) is 16.1 Å². The van der Waals surface area contributed by atoms with Gasteiger partial charge in [0.15, 0.2) is 0 Å². The van der Waals surface area contributed by atoms with Gasteiger partial charge < -0.3 is 15.8 Å². The summed E-state index contributed by atoms with van der Waals surface area (Å²) in [4.78, 5) is 0.358. The second-order valence-corrected chi connectivity index (χ2v) is 5.73. The highest BCUT2D eigenvalue weighted by molar-refractivity contribution is 9.10. The third-order valence-corrected chi connectivity index (χ3v) is 3.92. The minimum atomic E-state index is 0.358. The van der Waals surface area contributed by atoms with Crippen LogP contribution < -0.4 is 15.8 Å². The molecule has 0 aliphatic heterocycles. The number of nitrogens with one attached hydrogen (secondary N) is 1. The van der Waals surface area contributed by atoms with E-state index in [1.165, 1.54) is 0 Å². The van der Waals surface area contributed by atoms with Crippen LogP contribution in [-0.4, -0.2) is 12.1 Å². The van der Waals surface area contributed by atoms with Gasteiger partial charge in [-0.1, -0.05) is 23.8 Å². The van der Waals surface area contributed by atoms with E-state index in [1.807, 2.05) is 24.3 Å². The van der Waals surface area contributed by atoms with Gasteiger partial charge in [0.1, 0.15) is 10.7 Å². The Balaban J connectivity index is 2.32. The average molecular weight is 372 g/mol. The van der Waals surface area contributed by atoms with Gasteiger partial charge in [-0.2, -0.15) is 0 Å². The molecule has 3 N–H and O–H groups in total. The topological polar surface area (TPSA) is 47.3 Å². The quantitative estimate of drug-likeness (QED) is 0.777. The number of thiocarbonyl (C=S) groups is 1. The average Bonchev–Trinajstić information content (AvgIpc) is 2.43. The molecule has 3 nitrogen and oxygen atoms in total. The maximum atomic E-state index is 6.16. The molecule has 0 aliphatic rings. The molecule has 0 spiro atoms. The Hall–Kier alpha value is -1.30. The molecular formula is C14H12BrClN2OS. The molecule has 2 aromatic rings. The fourth-order valence-corrected chi connectivity index (χ4v) is 2.41. The van der Waals surface area contributed by atoms with E-state index in [1.54, 1.807) is 19.2 Å². The van der Waals surface area contributed by atoms with Crippen molar-refractivity contribution >= 4 is 56.1 Å². The molecule has 0 fully saturated rings. The fourth-order valence-electron chi connectivity index (χ4n) is 1.64. The number of methoxy groups -OCH3 is 1. The SMILES string of the molecule is COc1ccc(Cl)c(Nc2ccc(C(N)=S)cc2Br)c1. The molecule has 0 amide bonds. The lowest BCUT2D eigenvalue weighted by Gasteiger charge is -2.12. The molecule has 0 aromatic heterocycles. The Bertz CT molecular complexity index is 664. The van der Waals surface area contributed by atoms with Crippen LogP contribution in [0.25, 0.3) is 0 Å². The first-order valence-electron chi connectivity index (χ1n) is 5.71. The summed E-state index contributed by atoms with van der Waals surface area (Å²) in [5.41, 5.74) is 8.02. The van der Waals surface area contributed by atoms with Gasteiger partial charge in [0.2, 0.25) is 0 Å². The molecule has 2 aromatic carbocycles. The lowest BCUT2D eigenvalue weighted by Crippen LogP contribution is -2.09. The van der Waals surface area contributed by atoms with Crippen LogP contribution in [0.2, 0.25) is 5.02 Å². The standard InChI is InChI=1S/C14H12BrClN2OS/c1-19-9-3-4-11(16)13(7-9)18-12-5-2-8(14(17)20)6-10(12)15/h2-7,18H,1H3,(H2,17,20). The molecule has 0 atom stereocenters. The van der Waals surface area contributed by atoms with Gasteiger partial charge in [-0.3, -0.25) is 0 Å². The molecule has 0 heterocycles. The van der Waals surface area contributed by atoms with Crippen molar-refractivity contribution in [1.82, 2.24) is 0 Å². The second-order valence-electron chi connectivity index (χ2n) is 4.03. The molecule has 0 radical (unpaired) electrons. The van der Waals surface area contributed by atoms with Crippen molar-refractivity contribution in [2.24, 2.45) is 5.73 Å². The zero-order chi connectivity index (χ0) is 14.7. The van der Waals surface area contributed by atoms with Crippen LogP contribution in [-0.2, 0) is 0 Å². The summed E-state index contributed by atoms with van der Waals surface area (Å²) in [5, 5.41) is 3.85. The summed E-state index contributed by atoms with van der Waals surface area (Å²) in [6.07, 6.45) is 0. The molecule has 2 rings (SSSR count). The first-order valence-corrected chi connectivity index (χ1v) is 7.29. The molecule has 0 unspecified atom stereocenters. The van der Waals surface area contributed by atoms with Crippen molar-refractivity contribution in [1.29, 1.82) is 0 Å². The van der Waals surface area contributed by atoms with E-state index in [4.69, 9.17) is 34.3 Å². The lowest BCUT2D eigenvalue weighted by molar-refractivity contribution is 0.415. The van der Waals surface area contributed by atoms with E-state index in [0.29, 0.717) is 10.0 Å². The normalized spacial score (nSPS) is 10.2. The van der Waals surface area contributed by atoms with E-state index in [-0.39, 0.29) is 0 Å². The van der Waals surface area contributed by atoms with Crippen LogP contribution in [0.4, 0.5) is 11.4 Å². The maximum absolute atomic E-state index is 6.16. The van der Waals surface area contributed by atoms with Gasteiger partial charge in [-0.05, 0) is 46.3 Å². The predicted molar refractivity (Wildman–Crippen MR) is 91.3 cm³/mol. The van der Waals surface area contributed by atoms with Crippen molar-refractivity contribution in [3.05, 3.63) is 51.5 Å². The highest BCUT2D eigenvalue weighted by atomic mass is 79.9. The lowest BCUT2D eigenvalue weighted by atomic mass is 10.2. The summed E-state index contributed by atoms with van der Waals surface area (Å²) in [7, 11) is 1.61. The van der Waals surface area contributed by atoms with Crippen molar-refractivity contribution in [3.63, 3.8) is 0 Å². The Morgan fingerprint density at radius 1 is 1.25 bits per heavy atom. The van der Waals surface area contributed by atoms with E-state index < -0.39 is 0 Å². The number of ether oxygens (including phenoxy) is 1. The summed E-state index contributed by atoms with van der Waals surface area (Å²) >= 11 is 14.6. The monoisotopic (exact) mass is 370 g/mol. The van der Waals surface area contributed by atoms with Gasteiger partial charge in [-0.15, -0.1) is 0 Å². The number of benzene rings is 2. The van der Waals surface area contributed by atoms with Gasteiger partial charge >= 0.3 is 0 Å². The molecular weight excluding hydrogens is 360 g/mol. The minimum absolute atomic E-state index is 0.358. The van der Waals surface area contributed by atoms with E-state index in [2.05, 4.69) is 21.2 Å². The van der Waals surface area contributed by atoms with Crippen LogP contribution >= 0.6 is 39.7 Å². The predicted octanol–water partition coefficient (Wildman–Crippen LogP) is 4.49. The number of hydrogen-bond donors (Lipinski definition) is 2. The smallest absolute Gasteiger partial charge is 0.121 e. The van der Waals surface area contributed by atoms with Crippen molar-refractivity contribution in [3.8, 4) is 5.75 Å². The molecule has 6 heteroatoms. The van der Waals surface area contributed by atoms with E-state index in [0.717, 1.165) is 27.2 Å². The number of halogens is 2. The summed E-state index contributed by atoms with van der Waals surface area (Å²) in [6.45, 7) is 0. The highest BCUT2D eigenvalue weighted by Crippen LogP contribution is 2.32. The third kappa shape index (κ3) is 3.42. The summed E-state index contributed by atoms with van der Waals surface area (Å²) in [5.74, 6) is 0.729. The van der Waals surface area contributed by atoms with Crippen LogP contribution in [0, 0.1) is 0 Å². The Kier molecular flexibility index (Phi) is 4.86. The van der Waals surface area contributed by atoms with Gasteiger partial charge in [-0.25, -0.2) is 0 Å². The summed E-state index contributed by atoms with van der Waals surface area (Å²) in [6, 6.07) is 11.0. The molecule has 0 aliphatic carbocycles. The largest absolute Gasteiger partial charge is 0.497 e. The number of anilines is 2. The Labute approximate surface area is 136 Å². The van der Waals surface area contributed by atoms with Crippen molar-refractivity contribution in [2.45, 2.75) is 0 Å². The molecule has 20 heavy (non-hydrogen) atoms. The second kappa shape index (κ2) is 6.43. The first kappa shape index (κ1) is 15.1. The first-order chi connectivity index (χ1) is 9.51. The van der Waals surface area contributed by atoms with Gasteiger partial charge in [0.05, 0.1) is 23.5 Å². The number of hydrogen-bond acceptors (Lipinski definition) is 3. The number of nitrogens with two attached hydrogens (primary N) is 1. The highest BCUT2D eigenvalue weighted by Gasteiger charge is 2.07. The van der Waals surface area contributed by atoms with Gasteiger partial charge in [0.25, 0.3) is 0 Å². The van der Waals surface area contributed by atoms with Crippen LogP contribution in [0.15, 0.2) is 40.9 Å². The zero-order valence-corrected chi connectivity index (χ0v) is 13.8. The van der Waals surface area contributed by atoms with E-state index >= 15 is 0 Å².